The number of rotatable bonds is 8. The molecule has 0 bridgehead atoms. The number of methoxy groups -OCH3 is 1. The molecule has 5 heteroatoms. The summed E-state index contributed by atoms with van der Waals surface area (Å²) < 4.78 is 5.04. The van der Waals surface area contributed by atoms with Crippen LogP contribution in [0.3, 0.4) is 0 Å². The van der Waals surface area contributed by atoms with Crippen LogP contribution >= 0.6 is 0 Å². The van der Waals surface area contributed by atoms with Crippen molar-refractivity contribution < 1.29 is 4.74 Å². The normalized spacial score (nSPS) is 10.5. The number of aromatic nitrogens is 2. The quantitative estimate of drug-likeness (QED) is 0.760. The molecule has 2 rings (SSSR count). The summed E-state index contributed by atoms with van der Waals surface area (Å²) >= 11 is 0. The van der Waals surface area contributed by atoms with Crippen molar-refractivity contribution in [3.8, 4) is 0 Å². The van der Waals surface area contributed by atoms with E-state index >= 15 is 0 Å². The zero-order valence-corrected chi connectivity index (χ0v) is 13.5. The van der Waals surface area contributed by atoms with Gasteiger partial charge in [0.15, 0.2) is 0 Å². The molecule has 0 aliphatic rings. The topological polar surface area (TPSA) is 50.3 Å². The number of ether oxygens (including phenoxy) is 1. The van der Waals surface area contributed by atoms with Gasteiger partial charge in [0.05, 0.1) is 6.61 Å². The summed E-state index contributed by atoms with van der Waals surface area (Å²) in [4.78, 5) is 11.3. The van der Waals surface area contributed by atoms with Crippen LogP contribution in [0.2, 0.25) is 0 Å². The van der Waals surface area contributed by atoms with Crippen molar-refractivity contribution in [1.82, 2.24) is 9.97 Å². The molecule has 0 spiro atoms. The third kappa shape index (κ3) is 4.70. The van der Waals surface area contributed by atoms with Crippen molar-refractivity contribution in [3.05, 3.63) is 47.7 Å². The molecule has 0 saturated heterocycles. The molecule has 5 nitrogen and oxygen atoms in total. The Kier molecular flexibility index (Phi) is 6.15. The summed E-state index contributed by atoms with van der Waals surface area (Å²) in [5, 5.41) is 3.20. The average Bonchev–Trinajstić information content (AvgIpc) is 2.53. The number of nitrogens with one attached hydrogen (secondary N) is 1. The predicted octanol–water partition coefficient (Wildman–Crippen LogP) is 2.87. The number of anilines is 2. The molecule has 118 valence electrons. The molecule has 0 fully saturated rings. The predicted molar refractivity (Wildman–Crippen MR) is 90.3 cm³/mol. The molecule has 0 saturated carbocycles. The van der Waals surface area contributed by atoms with Gasteiger partial charge in [-0.2, -0.15) is 4.98 Å². The molecule has 0 aliphatic heterocycles. The summed E-state index contributed by atoms with van der Waals surface area (Å²) in [5.74, 6) is 1.59. The van der Waals surface area contributed by atoms with Gasteiger partial charge in [-0.15, -0.1) is 0 Å². The lowest BCUT2D eigenvalue weighted by Gasteiger charge is -2.23. The van der Waals surface area contributed by atoms with E-state index in [4.69, 9.17) is 4.74 Å². The molecule has 1 aromatic heterocycles. The maximum atomic E-state index is 5.04. The van der Waals surface area contributed by atoms with E-state index in [0.29, 0.717) is 19.1 Å². The van der Waals surface area contributed by atoms with Gasteiger partial charge in [0.2, 0.25) is 5.95 Å². The van der Waals surface area contributed by atoms with Gasteiger partial charge in [0.25, 0.3) is 0 Å². The molecule has 22 heavy (non-hydrogen) atoms. The van der Waals surface area contributed by atoms with Crippen molar-refractivity contribution in [2.45, 2.75) is 20.4 Å². The minimum atomic E-state index is 0.633. The SMILES string of the molecule is CCN(Cc1ccccc1)c1cc(C)nc(NCCOC)n1. The molecule has 2 aromatic rings. The summed E-state index contributed by atoms with van der Waals surface area (Å²) in [5.41, 5.74) is 2.23. The zero-order chi connectivity index (χ0) is 15.8. The van der Waals surface area contributed by atoms with Crippen molar-refractivity contribution >= 4 is 11.8 Å². The lowest BCUT2D eigenvalue weighted by molar-refractivity contribution is 0.210. The second-order valence-electron chi connectivity index (χ2n) is 5.11. The lowest BCUT2D eigenvalue weighted by Crippen LogP contribution is -2.24. The number of hydrogen-bond acceptors (Lipinski definition) is 5. The van der Waals surface area contributed by atoms with Crippen molar-refractivity contribution in [1.29, 1.82) is 0 Å². The summed E-state index contributed by atoms with van der Waals surface area (Å²) in [6.07, 6.45) is 0. The van der Waals surface area contributed by atoms with Gasteiger partial charge in [0.1, 0.15) is 5.82 Å². The first-order chi connectivity index (χ1) is 10.7. The van der Waals surface area contributed by atoms with E-state index in [1.807, 2.05) is 19.1 Å². The highest BCUT2D eigenvalue weighted by molar-refractivity contribution is 5.45. The molecule has 0 radical (unpaired) electrons. The Labute approximate surface area is 132 Å². The largest absolute Gasteiger partial charge is 0.383 e. The Hall–Kier alpha value is -2.14. The zero-order valence-electron chi connectivity index (χ0n) is 13.5. The highest BCUT2D eigenvalue weighted by Gasteiger charge is 2.09. The van der Waals surface area contributed by atoms with Crippen molar-refractivity contribution in [2.24, 2.45) is 0 Å². The van der Waals surface area contributed by atoms with Crippen LogP contribution in [0.4, 0.5) is 11.8 Å². The Balaban J connectivity index is 2.14. The number of nitrogens with zero attached hydrogens (tertiary/aromatic N) is 3. The number of benzene rings is 1. The second-order valence-corrected chi connectivity index (χ2v) is 5.11. The van der Waals surface area contributed by atoms with Gasteiger partial charge < -0.3 is 15.0 Å². The van der Waals surface area contributed by atoms with E-state index in [1.54, 1.807) is 7.11 Å². The fourth-order valence-corrected chi connectivity index (χ4v) is 2.22. The van der Waals surface area contributed by atoms with Gasteiger partial charge >= 0.3 is 0 Å². The maximum absolute atomic E-state index is 5.04. The Morgan fingerprint density at radius 3 is 2.64 bits per heavy atom. The van der Waals surface area contributed by atoms with Crippen molar-refractivity contribution in [2.75, 3.05) is 37.0 Å². The van der Waals surface area contributed by atoms with Crippen LogP contribution in [-0.4, -0.2) is 36.8 Å². The van der Waals surface area contributed by atoms with Crippen LogP contribution in [0.15, 0.2) is 36.4 Å². The molecule has 0 amide bonds. The molecule has 0 unspecified atom stereocenters. The summed E-state index contributed by atoms with van der Waals surface area (Å²) in [6, 6.07) is 12.4. The molecule has 1 N–H and O–H groups in total. The van der Waals surface area contributed by atoms with Crippen LogP contribution in [0.1, 0.15) is 18.2 Å². The van der Waals surface area contributed by atoms with Gasteiger partial charge in [-0.05, 0) is 19.4 Å². The summed E-state index contributed by atoms with van der Waals surface area (Å²) in [6.45, 7) is 7.19. The van der Waals surface area contributed by atoms with Crippen LogP contribution in [0, 0.1) is 6.92 Å². The molecule has 0 atom stereocenters. The molecular formula is C17H24N4O. The fraction of sp³-hybridized carbons (Fsp3) is 0.412. The molecule has 0 aliphatic carbocycles. The first-order valence-electron chi connectivity index (χ1n) is 7.60. The Bertz CT molecular complexity index is 574. The third-order valence-corrected chi connectivity index (χ3v) is 3.35. The first kappa shape index (κ1) is 16.2. The minimum Gasteiger partial charge on any atom is -0.383 e. The number of hydrogen-bond donors (Lipinski definition) is 1. The van der Waals surface area contributed by atoms with Crippen molar-refractivity contribution in [3.63, 3.8) is 0 Å². The second kappa shape index (κ2) is 8.34. The smallest absolute Gasteiger partial charge is 0.224 e. The first-order valence-corrected chi connectivity index (χ1v) is 7.60. The molecule has 1 aromatic carbocycles. The summed E-state index contributed by atoms with van der Waals surface area (Å²) in [7, 11) is 1.68. The van der Waals surface area contributed by atoms with E-state index < -0.39 is 0 Å². The van der Waals surface area contributed by atoms with Gasteiger partial charge in [-0.3, -0.25) is 0 Å². The van der Waals surface area contributed by atoms with Crippen LogP contribution in [0.25, 0.3) is 0 Å². The van der Waals surface area contributed by atoms with Gasteiger partial charge in [-0.1, -0.05) is 30.3 Å². The van der Waals surface area contributed by atoms with E-state index in [0.717, 1.165) is 24.6 Å². The monoisotopic (exact) mass is 300 g/mol. The van der Waals surface area contributed by atoms with Gasteiger partial charge in [-0.25, -0.2) is 4.98 Å². The van der Waals surface area contributed by atoms with Gasteiger partial charge in [0, 0.05) is 38.5 Å². The van der Waals surface area contributed by atoms with Crippen LogP contribution in [-0.2, 0) is 11.3 Å². The van der Waals surface area contributed by atoms with E-state index in [2.05, 4.69) is 51.4 Å². The van der Waals surface area contributed by atoms with E-state index in [9.17, 15) is 0 Å². The van der Waals surface area contributed by atoms with Crippen LogP contribution < -0.4 is 10.2 Å². The fourth-order valence-electron chi connectivity index (χ4n) is 2.22. The Morgan fingerprint density at radius 1 is 1.18 bits per heavy atom. The lowest BCUT2D eigenvalue weighted by atomic mass is 10.2. The number of aryl methyl sites for hydroxylation is 1. The molecular weight excluding hydrogens is 276 g/mol. The molecule has 1 heterocycles. The standard InChI is InChI=1S/C17H24N4O/c1-4-21(13-15-8-6-5-7-9-15)16-12-14(2)19-17(20-16)18-10-11-22-3/h5-9,12H,4,10-11,13H2,1-3H3,(H,18,19,20). The maximum Gasteiger partial charge on any atom is 0.224 e. The van der Waals surface area contributed by atoms with E-state index in [1.165, 1.54) is 5.56 Å². The van der Waals surface area contributed by atoms with E-state index in [-0.39, 0.29) is 0 Å². The van der Waals surface area contributed by atoms with Crippen LogP contribution in [0.5, 0.6) is 0 Å². The third-order valence-electron chi connectivity index (χ3n) is 3.35. The Morgan fingerprint density at radius 2 is 1.95 bits per heavy atom. The highest BCUT2D eigenvalue weighted by atomic mass is 16.5. The average molecular weight is 300 g/mol. The minimum absolute atomic E-state index is 0.633. The highest BCUT2D eigenvalue weighted by Crippen LogP contribution is 2.17.